The van der Waals surface area contributed by atoms with Crippen LogP contribution in [0.3, 0.4) is 0 Å². The molecule has 23 heavy (non-hydrogen) atoms. The maximum absolute atomic E-state index is 12.5. The van der Waals surface area contributed by atoms with Crippen LogP contribution in [0.25, 0.3) is 0 Å². The maximum atomic E-state index is 12.5. The molecule has 2 heterocycles. The number of halogens is 1. The Kier molecular flexibility index (Phi) is 7.51. The third kappa shape index (κ3) is 5.51. The Morgan fingerprint density at radius 1 is 1.52 bits per heavy atom. The molecule has 0 saturated carbocycles. The minimum Gasteiger partial charge on any atom is -0.368 e. The van der Waals surface area contributed by atoms with Crippen molar-refractivity contribution < 1.29 is 9.59 Å². The number of hydrogen-bond acceptors (Lipinski definition) is 4. The minimum absolute atomic E-state index is 0. The van der Waals surface area contributed by atoms with Gasteiger partial charge in [-0.25, -0.2) is 0 Å². The van der Waals surface area contributed by atoms with Gasteiger partial charge in [-0.1, -0.05) is 13.8 Å². The normalized spacial score (nSPS) is 17.6. The molecule has 1 unspecified atom stereocenters. The Hall–Kier alpha value is -1.60. The van der Waals surface area contributed by atoms with Crippen LogP contribution in [-0.4, -0.2) is 52.7 Å². The van der Waals surface area contributed by atoms with Crippen LogP contribution in [0.2, 0.25) is 0 Å². The fourth-order valence-electron chi connectivity index (χ4n) is 2.72. The topological polar surface area (TPSA) is 93.2 Å². The van der Waals surface area contributed by atoms with Crippen molar-refractivity contribution in [2.24, 2.45) is 11.7 Å². The van der Waals surface area contributed by atoms with Crippen molar-refractivity contribution in [3.63, 3.8) is 0 Å². The number of carbonyl (C=O) groups is 2. The van der Waals surface area contributed by atoms with E-state index in [4.69, 9.17) is 5.73 Å². The molecule has 0 aliphatic carbocycles. The predicted octanol–water partition coefficient (Wildman–Crippen LogP) is 0.813. The number of aromatic nitrogens is 2. The molecule has 7 nitrogen and oxygen atoms in total. The second kappa shape index (κ2) is 8.88. The van der Waals surface area contributed by atoms with Crippen LogP contribution in [0.1, 0.15) is 43.2 Å². The number of nitrogens with one attached hydrogen (secondary N) is 1. The largest absolute Gasteiger partial charge is 0.368 e. The molecular formula is C15H26ClN5O2. The molecule has 0 spiro atoms. The van der Waals surface area contributed by atoms with Crippen LogP contribution >= 0.6 is 12.4 Å². The average molecular weight is 344 g/mol. The average Bonchev–Trinajstić information content (AvgIpc) is 2.95. The fourth-order valence-corrected chi connectivity index (χ4v) is 2.72. The van der Waals surface area contributed by atoms with Crippen molar-refractivity contribution in [3.05, 3.63) is 18.0 Å². The summed E-state index contributed by atoms with van der Waals surface area (Å²) in [7, 11) is 0. The zero-order valence-electron chi connectivity index (χ0n) is 13.7. The Morgan fingerprint density at radius 3 is 2.83 bits per heavy atom. The van der Waals surface area contributed by atoms with Crippen LogP contribution in [0, 0.1) is 5.92 Å². The van der Waals surface area contributed by atoms with E-state index in [1.807, 2.05) is 24.7 Å². The van der Waals surface area contributed by atoms with E-state index in [9.17, 15) is 9.59 Å². The summed E-state index contributed by atoms with van der Waals surface area (Å²) in [5.74, 6) is -0.493. The number of nitrogens with zero attached hydrogens (tertiary/aromatic N) is 3. The van der Waals surface area contributed by atoms with Gasteiger partial charge < -0.3 is 16.0 Å². The van der Waals surface area contributed by atoms with E-state index in [0.717, 1.165) is 25.9 Å². The summed E-state index contributed by atoms with van der Waals surface area (Å²) < 4.78 is 1.84. The molecule has 1 atom stereocenters. The zero-order valence-corrected chi connectivity index (χ0v) is 14.5. The van der Waals surface area contributed by atoms with Gasteiger partial charge >= 0.3 is 0 Å². The van der Waals surface area contributed by atoms with Crippen LogP contribution in [0.15, 0.2) is 12.3 Å². The molecule has 1 fully saturated rings. The summed E-state index contributed by atoms with van der Waals surface area (Å²) in [4.78, 5) is 25.2. The summed E-state index contributed by atoms with van der Waals surface area (Å²) in [6, 6.07) is 2.00. The number of primary amides is 1. The van der Waals surface area contributed by atoms with Crippen LogP contribution in [-0.2, 0) is 4.79 Å². The second-order valence-corrected chi connectivity index (χ2v) is 6.23. The number of piperidine rings is 1. The van der Waals surface area contributed by atoms with Crippen molar-refractivity contribution in [2.45, 2.75) is 32.7 Å². The first-order valence-electron chi connectivity index (χ1n) is 7.81. The Bertz CT molecular complexity index is 526. The van der Waals surface area contributed by atoms with E-state index in [-0.39, 0.29) is 36.8 Å². The van der Waals surface area contributed by atoms with Gasteiger partial charge in [0.05, 0.1) is 12.6 Å². The summed E-state index contributed by atoms with van der Waals surface area (Å²) in [5, 5.41) is 7.73. The highest BCUT2D eigenvalue weighted by Crippen LogP contribution is 2.16. The summed E-state index contributed by atoms with van der Waals surface area (Å²) in [6.07, 6.45) is 4.00. The number of carbonyl (C=O) groups excluding carboxylic acids is 2. The molecule has 130 valence electrons. The van der Waals surface area contributed by atoms with E-state index in [0.29, 0.717) is 12.2 Å². The lowest BCUT2D eigenvalue weighted by atomic mass is 10.1. The molecule has 0 radical (unpaired) electrons. The number of nitrogens with two attached hydrogens (primary N) is 1. The van der Waals surface area contributed by atoms with E-state index in [2.05, 4.69) is 10.4 Å². The maximum Gasteiger partial charge on any atom is 0.274 e. The number of amides is 2. The van der Waals surface area contributed by atoms with Crippen molar-refractivity contribution in [1.82, 2.24) is 20.0 Å². The van der Waals surface area contributed by atoms with Crippen LogP contribution in [0.5, 0.6) is 0 Å². The molecule has 1 aromatic heterocycles. The molecule has 1 aromatic rings. The molecule has 2 amide bonds. The SMILES string of the molecule is CC(C)CN(CC(N)=O)C(=O)c1ccn(C2CCCNC2)n1.Cl. The van der Waals surface area contributed by atoms with Crippen LogP contribution < -0.4 is 11.1 Å². The lowest BCUT2D eigenvalue weighted by molar-refractivity contribution is -0.118. The van der Waals surface area contributed by atoms with Crippen molar-refractivity contribution >= 4 is 24.2 Å². The zero-order chi connectivity index (χ0) is 16.1. The predicted molar refractivity (Wildman–Crippen MR) is 90.6 cm³/mol. The Balaban J connectivity index is 0.00000264. The van der Waals surface area contributed by atoms with Gasteiger partial charge in [-0.2, -0.15) is 5.10 Å². The molecule has 1 saturated heterocycles. The highest BCUT2D eigenvalue weighted by atomic mass is 35.5. The number of rotatable bonds is 6. The molecule has 3 N–H and O–H groups in total. The van der Waals surface area contributed by atoms with Crippen molar-refractivity contribution in [1.29, 1.82) is 0 Å². The third-order valence-corrected chi connectivity index (χ3v) is 3.69. The van der Waals surface area contributed by atoms with Crippen molar-refractivity contribution in [2.75, 3.05) is 26.2 Å². The van der Waals surface area contributed by atoms with Gasteiger partial charge in [0, 0.05) is 19.3 Å². The third-order valence-electron chi connectivity index (χ3n) is 3.69. The van der Waals surface area contributed by atoms with Gasteiger partial charge in [0.15, 0.2) is 0 Å². The van der Waals surface area contributed by atoms with Crippen molar-refractivity contribution in [3.8, 4) is 0 Å². The smallest absolute Gasteiger partial charge is 0.274 e. The molecule has 8 heteroatoms. The molecule has 1 aliphatic heterocycles. The van der Waals surface area contributed by atoms with Crippen LogP contribution in [0.4, 0.5) is 0 Å². The van der Waals surface area contributed by atoms with E-state index < -0.39 is 5.91 Å². The second-order valence-electron chi connectivity index (χ2n) is 6.23. The monoisotopic (exact) mass is 343 g/mol. The number of hydrogen-bond donors (Lipinski definition) is 2. The van der Waals surface area contributed by atoms with E-state index in [1.165, 1.54) is 4.90 Å². The first kappa shape index (κ1) is 19.4. The minimum atomic E-state index is -0.509. The van der Waals surface area contributed by atoms with E-state index in [1.54, 1.807) is 6.07 Å². The van der Waals surface area contributed by atoms with Gasteiger partial charge in [0.1, 0.15) is 5.69 Å². The summed E-state index contributed by atoms with van der Waals surface area (Å²) >= 11 is 0. The molecule has 2 rings (SSSR count). The lowest BCUT2D eigenvalue weighted by Crippen LogP contribution is -2.40. The standard InChI is InChI=1S/C15H25N5O2.ClH/c1-11(2)9-19(10-14(16)21)15(22)13-5-7-20(18-13)12-4-3-6-17-8-12;/h5,7,11-12,17H,3-4,6,8-10H2,1-2H3,(H2,16,21);1H. The first-order chi connectivity index (χ1) is 10.5. The van der Waals surface area contributed by atoms with Gasteiger partial charge in [-0.15, -0.1) is 12.4 Å². The highest BCUT2D eigenvalue weighted by Gasteiger charge is 2.22. The highest BCUT2D eigenvalue weighted by molar-refractivity contribution is 5.94. The van der Waals surface area contributed by atoms with Gasteiger partial charge in [-0.05, 0) is 31.4 Å². The van der Waals surface area contributed by atoms with E-state index >= 15 is 0 Å². The Morgan fingerprint density at radius 2 is 2.26 bits per heavy atom. The van der Waals surface area contributed by atoms with Gasteiger partial charge in [0.25, 0.3) is 5.91 Å². The molecule has 0 bridgehead atoms. The molecular weight excluding hydrogens is 318 g/mol. The first-order valence-corrected chi connectivity index (χ1v) is 7.81. The van der Waals surface area contributed by atoms with Gasteiger partial charge in [0.2, 0.25) is 5.91 Å². The van der Waals surface area contributed by atoms with Gasteiger partial charge in [-0.3, -0.25) is 14.3 Å². The molecule has 1 aliphatic rings. The quantitative estimate of drug-likeness (QED) is 0.799. The fraction of sp³-hybridized carbons (Fsp3) is 0.667. The molecule has 0 aromatic carbocycles. The summed E-state index contributed by atoms with van der Waals surface area (Å²) in [6.45, 7) is 6.30. The summed E-state index contributed by atoms with van der Waals surface area (Å²) in [5.41, 5.74) is 5.61. The lowest BCUT2D eigenvalue weighted by Gasteiger charge is -2.23. The Labute approximate surface area is 143 Å².